The number of amides is 1. The number of aromatic nitrogens is 2. The molecule has 8 nitrogen and oxygen atoms in total. The first-order chi connectivity index (χ1) is 13.1. The van der Waals surface area contributed by atoms with E-state index in [2.05, 4.69) is 25.8 Å². The van der Waals surface area contributed by atoms with E-state index in [1.165, 1.54) is 36.6 Å². The van der Waals surface area contributed by atoms with Crippen LogP contribution in [-0.2, 0) is 25.7 Å². The van der Waals surface area contributed by atoms with Gasteiger partial charge in [-0.25, -0.2) is 5.06 Å². The second kappa shape index (κ2) is 7.14. The normalized spacial score (nSPS) is 22.7. The third-order valence-corrected chi connectivity index (χ3v) is 6.33. The lowest BCUT2D eigenvalue weighted by Gasteiger charge is -2.45. The van der Waals surface area contributed by atoms with Crippen LogP contribution in [0.25, 0.3) is 11.0 Å². The molecule has 1 aromatic carbocycles. The molecule has 144 valence electrons. The standard InChI is InChI=1S/C18H22N4O4S/c1-25-17(24)13-10-16(23)22(26-2)18(13)5-7-21(8-6-18)11-12-3-4-14-15(9-12)20-27-19-14/h3-4,9,13H,5-8,10-11H2,1-2H3. The minimum Gasteiger partial charge on any atom is -0.469 e. The minimum absolute atomic E-state index is 0.147. The van der Waals surface area contributed by atoms with Gasteiger partial charge in [-0.3, -0.25) is 19.3 Å². The van der Waals surface area contributed by atoms with Crippen LogP contribution in [0.15, 0.2) is 18.2 Å². The topological polar surface area (TPSA) is 84.9 Å². The fourth-order valence-electron chi connectivity index (χ4n) is 4.40. The molecule has 2 fully saturated rings. The van der Waals surface area contributed by atoms with Gasteiger partial charge in [0.25, 0.3) is 0 Å². The Morgan fingerprint density at radius 1 is 1.26 bits per heavy atom. The van der Waals surface area contributed by atoms with E-state index in [0.29, 0.717) is 12.8 Å². The zero-order chi connectivity index (χ0) is 19.0. The molecule has 3 heterocycles. The van der Waals surface area contributed by atoms with E-state index in [9.17, 15) is 9.59 Å². The molecular formula is C18H22N4O4S. The van der Waals surface area contributed by atoms with Gasteiger partial charge in [-0.2, -0.15) is 8.75 Å². The lowest BCUT2D eigenvalue weighted by Crippen LogP contribution is -2.57. The summed E-state index contributed by atoms with van der Waals surface area (Å²) in [4.78, 5) is 32.3. The molecule has 2 saturated heterocycles. The lowest BCUT2D eigenvalue weighted by atomic mass is 9.77. The Kier molecular flexibility index (Phi) is 4.83. The minimum atomic E-state index is -0.613. The van der Waals surface area contributed by atoms with E-state index in [-0.39, 0.29) is 18.3 Å². The summed E-state index contributed by atoms with van der Waals surface area (Å²) in [5.74, 6) is -0.963. The molecule has 1 unspecified atom stereocenters. The van der Waals surface area contributed by atoms with E-state index < -0.39 is 11.5 Å². The van der Waals surface area contributed by atoms with Crippen LogP contribution >= 0.6 is 11.7 Å². The SMILES string of the molecule is COC(=O)C1CC(=O)N(OC)C12CCN(Cc1ccc3nsnc3c1)CC2. The van der Waals surface area contributed by atoms with Crippen LogP contribution in [0.4, 0.5) is 0 Å². The van der Waals surface area contributed by atoms with E-state index in [4.69, 9.17) is 9.57 Å². The molecule has 0 bridgehead atoms. The van der Waals surface area contributed by atoms with Crippen molar-refractivity contribution >= 4 is 34.6 Å². The number of likely N-dealkylation sites (tertiary alicyclic amines) is 1. The fourth-order valence-corrected chi connectivity index (χ4v) is 4.92. The molecule has 4 rings (SSSR count). The van der Waals surface area contributed by atoms with Crippen molar-refractivity contribution in [1.82, 2.24) is 18.7 Å². The highest BCUT2D eigenvalue weighted by molar-refractivity contribution is 7.00. The van der Waals surface area contributed by atoms with Crippen molar-refractivity contribution < 1.29 is 19.2 Å². The van der Waals surface area contributed by atoms with E-state index in [1.54, 1.807) is 0 Å². The highest BCUT2D eigenvalue weighted by atomic mass is 32.1. The van der Waals surface area contributed by atoms with Gasteiger partial charge in [0, 0.05) is 26.1 Å². The Balaban J connectivity index is 1.49. The van der Waals surface area contributed by atoms with Gasteiger partial charge in [0.05, 0.1) is 37.4 Å². The number of methoxy groups -OCH3 is 1. The molecule has 27 heavy (non-hydrogen) atoms. The second-order valence-corrected chi connectivity index (χ2v) is 7.65. The molecule has 2 aliphatic heterocycles. The zero-order valence-corrected chi connectivity index (χ0v) is 16.2. The molecule has 1 amide bonds. The fraction of sp³-hybridized carbons (Fsp3) is 0.556. The number of fused-ring (bicyclic) bond motifs is 1. The van der Waals surface area contributed by atoms with E-state index in [0.717, 1.165) is 30.7 Å². The molecule has 0 saturated carbocycles. The second-order valence-electron chi connectivity index (χ2n) is 7.12. The number of esters is 1. The molecular weight excluding hydrogens is 368 g/mol. The number of nitrogens with zero attached hydrogens (tertiary/aromatic N) is 4. The van der Waals surface area contributed by atoms with Gasteiger partial charge in [-0.05, 0) is 30.5 Å². The maximum absolute atomic E-state index is 12.3. The van der Waals surface area contributed by atoms with Crippen molar-refractivity contribution in [3.8, 4) is 0 Å². The maximum Gasteiger partial charge on any atom is 0.311 e. The summed E-state index contributed by atoms with van der Waals surface area (Å²) in [6, 6.07) is 6.14. The van der Waals surface area contributed by atoms with Crippen LogP contribution in [0.3, 0.4) is 0 Å². The van der Waals surface area contributed by atoms with Gasteiger partial charge in [-0.1, -0.05) is 6.07 Å². The summed E-state index contributed by atoms with van der Waals surface area (Å²) in [5, 5.41) is 1.42. The third-order valence-electron chi connectivity index (χ3n) is 5.77. The van der Waals surface area contributed by atoms with Gasteiger partial charge in [0.15, 0.2) is 0 Å². The van der Waals surface area contributed by atoms with Crippen molar-refractivity contribution in [1.29, 1.82) is 0 Å². The number of hydrogen-bond donors (Lipinski definition) is 0. The maximum atomic E-state index is 12.3. The first-order valence-corrected chi connectivity index (χ1v) is 9.69. The number of carbonyl (C=O) groups excluding carboxylic acids is 2. The van der Waals surface area contributed by atoms with E-state index >= 15 is 0 Å². The number of hydrogen-bond acceptors (Lipinski definition) is 8. The van der Waals surface area contributed by atoms with Gasteiger partial charge in [-0.15, -0.1) is 0 Å². The molecule has 2 aromatic rings. The summed E-state index contributed by atoms with van der Waals surface area (Å²) in [5.41, 5.74) is 2.41. The van der Waals surface area contributed by atoms with Crippen molar-refractivity contribution in [3.63, 3.8) is 0 Å². The Hall–Kier alpha value is -2.10. The molecule has 1 aromatic heterocycles. The molecule has 0 N–H and O–H groups in total. The smallest absolute Gasteiger partial charge is 0.311 e. The lowest BCUT2D eigenvalue weighted by molar-refractivity contribution is -0.210. The number of hydroxylamine groups is 2. The average molecular weight is 390 g/mol. The Morgan fingerprint density at radius 2 is 2.00 bits per heavy atom. The van der Waals surface area contributed by atoms with Crippen LogP contribution in [0.2, 0.25) is 0 Å². The quantitative estimate of drug-likeness (QED) is 0.733. The monoisotopic (exact) mass is 390 g/mol. The van der Waals surface area contributed by atoms with E-state index in [1.807, 2.05) is 6.07 Å². The van der Waals surface area contributed by atoms with Gasteiger partial charge >= 0.3 is 5.97 Å². The van der Waals surface area contributed by atoms with Crippen LogP contribution in [0.5, 0.6) is 0 Å². The Labute approximate surface area is 161 Å². The third kappa shape index (κ3) is 3.09. The molecule has 0 radical (unpaired) electrons. The predicted octanol–water partition coefficient (Wildman–Crippen LogP) is 1.61. The Bertz CT molecular complexity index is 860. The molecule has 0 aliphatic carbocycles. The largest absolute Gasteiger partial charge is 0.469 e. The summed E-state index contributed by atoms with van der Waals surface area (Å²) in [7, 11) is 2.86. The molecule has 2 aliphatic rings. The molecule has 1 spiro atoms. The number of piperidine rings is 1. The van der Waals surface area contributed by atoms with Crippen LogP contribution < -0.4 is 0 Å². The van der Waals surface area contributed by atoms with Gasteiger partial charge < -0.3 is 4.74 Å². The van der Waals surface area contributed by atoms with Crippen molar-refractivity contribution in [2.24, 2.45) is 5.92 Å². The summed E-state index contributed by atoms with van der Waals surface area (Å²) >= 11 is 1.22. The highest BCUT2D eigenvalue weighted by Crippen LogP contribution is 2.44. The number of ether oxygens (including phenoxy) is 1. The zero-order valence-electron chi connectivity index (χ0n) is 15.4. The van der Waals surface area contributed by atoms with Crippen LogP contribution in [0, 0.1) is 5.92 Å². The van der Waals surface area contributed by atoms with Crippen LogP contribution in [-0.4, -0.2) is 63.4 Å². The number of benzene rings is 1. The van der Waals surface area contributed by atoms with Gasteiger partial charge in [0.2, 0.25) is 5.91 Å². The first kappa shape index (κ1) is 18.3. The Morgan fingerprint density at radius 3 is 2.70 bits per heavy atom. The molecule has 9 heteroatoms. The summed E-state index contributed by atoms with van der Waals surface area (Å²) in [6.07, 6.45) is 1.49. The van der Waals surface area contributed by atoms with Crippen molar-refractivity contribution in [3.05, 3.63) is 23.8 Å². The van der Waals surface area contributed by atoms with Crippen molar-refractivity contribution in [2.75, 3.05) is 27.3 Å². The summed E-state index contributed by atoms with van der Waals surface area (Å²) < 4.78 is 13.5. The van der Waals surface area contributed by atoms with Crippen molar-refractivity contribution in [2.45, 2.75) is 31.3 Å². The number of rotatable bonds is 4. The predicted molar refractivity (Wildman–Crippen MR) is 98.6 cm³/mol. The van der Waals surface area contributed by atoms with Gasteiger partial charge in [0.1, 0.15) is 11.0 Å². The number of carbonyl (C=O) groups is 2. The molecule has 1 atom stereocenters. The summed E-state index contributed by atoms with van der Waals surface area (Å²) in [6.45, 7) is 2.34. The highest BCUT2D eigenvalue weighted by Gasteiger charge is 2.58. The average Bonchev–Trinajstić information content (AvgIpc) is 3.25. The first-order valence-electron chi connectivity index (χ1n) is 8.96. The van der Waals surface area contributed by atoms with Crippen LogP contribution in [0.1, 0.15) is 24.8 Å².